The summed E-state index contributed by atoms with van der Waals surface area (Å²) in [4.78, 5) is 35.2. The van der Waals surface area contributed by atoms with Gasteiger partial charge in [0.15, 0.2) is 11.5 Å². The van der Waals surface area contributed by atoms with Gasteiger partial charge in [-0.15, -0.1) is 0 Å². The summed E-state index contributed by atoms with van der Waals surface area (Å²) >= 11 is 0. The molecule has 0 saturated heterocycles. The summed E-state index contributed by atoms with van der Waals surface area (Å²) < 4.78 is 12.0. The van der Waals surface area contributed by atoms with E-state index in [-0.39, 0.29) is 23.5 Å². The molecule has 3 rings (SSSR count). The number of imidazole rings is 1. The molecule has 9 heteroatoms. The first-order valence-corrected chi connectivity index (χ1v) is 10.1. The number of esters is 1. The number of nitrogens with one attached hydrogen (secondary N) is 1. The number of nitrogen functional groups attached to an aromatic ring is 1. The summed E-state index contributed by atoms with van der Waals surface area (Å²) in [5.41, 5.74) is 8.42. The van der Waals surface area contributed by atoms with Crippen LogP contribution in [0.2, 0.25) is 0 Å². The quantitative estimate of drug-likeness (QED) is 0.386. The number of fused-ring (bicyclic) bond motifs is 1. The van der Waals surface area contributed by atoms with Gasteiger partial charge in [0.1, 0.15) is 5.52 Å². The smallest absolute Gasteiger partial charge is 0.328 e. The molecule has 0 bridgehead atoms. The maximum Gasteiger partial charge on any atom is 0.328 e. The van der Waals surface area contributed by atoms with Gasteiger partial charge in [-0.25, -0.2) is 4.79 Å². The van der Waals surface area contributed by atoms with Crippen molar-refractivity contribution < 1.29 is 14.3 Å². The van der Waals surface area contributed by atoms with Gasteiger partial charge < -0.3 is 20.2 Å². The van der Waals surface area contributed by atoms with E-state index in [1.165, 1.54) is 4.57 Å². The lowest BCUT2D eigenvalue weighted by molar-refractivity contribution is -0.143. The summed E-state index contributed by atoms with van der Waals surface area (Å²) in [6.07, 6.45) is 2.81. The molecule has 2 aromatic heterocycles. The molecule has 160 valence electrons. The van der Waals surface area contributed by atoms with E-state index in [1.54, 1.807) is 6.92 Å². The van der Waals surface area contributed by atoms with Gasteiger partial charge in [0.2, 0.25) is 0 Å². The molecule has 3 aromatic rings. The number of ether oxygens (including phenoxy) is 2. The van der Waals surface area contributed by atoms with E-state index >= 15 is 0 Å². The number of nitrogens with zero attached hydrogens (tertiary/aromatic N) is 3. The van der Waals surface area contributed by atoms with Crippen molar-refractivity contribution in [3.05, 3.63) is 45.9 Å². The second-order valence-corrected chi connectivity index (χ2v) is 6.93. The Balaban J connectivity index is 1.77. The standard InChI is InChI=1S/C21H27N5O4/c1-3-5-12-30-20-24-18(22)17-19(25-20)26(21(28)23-17)13-15-8-6-14(7-9-15)10-11-16(27)29-4-2/h6-9H,3-5,10-13H2,1-2H3,(H,23,28)(H2,22,24,25). The van der Waals surface area contributed by atoms with Crippen molar-refractivity contribution in [2.24, 2.45) is 0 Å². The Hall–Kier alpha value is -3.36. The molecule has 0 atom stereocenters. The number of unbranched alkanes of at least 4 members (excludes halogenated alkanes) is 1. The van der Waals surface area contributed by atoms with Gasteiger partial charge in [0.05, 0.1) is 19.8 Å². The maximum absolute atomic E-state index is 12.5. The number of hydrogen-bond donors (Lipinski definition) is 2. The van der Waals surface area contributed by atoms with Crippen LogP contribution in [0, 0.1) is 0 Å². The van der Waals surface area contributed by atoms with Crippen molar-refractivity contribution in [2.45, 2.75) is 46.1 Å². The average molecular weight is 413 g/mol. The molecular formula is C21H27N5O4. The topological polar surface area (TPSA) is 125 Å². The highest BCUT2D eigenvalue weighted by molar-refractivity contribution is 5.81. The van der Waals surface area contributed by atoms with Crippen LogP contribution >= 0.6 is 0 Å². The molecule has 0 aliphatic carbocycles. The first-order chi connectivity index (χ1) is 14.5. The molecule has 0 unspecified atom stereocenters. The Morgan fingerprint density at radius 2 is 1.90 bits per heavy atom. The summed E-state index contributed by atoms with van der Waals surface area (Å²) in [6, 6.07) is 7.90. The van der Waals surface area contributed by atoms with Crippen LogP contribution < -0.4 is 16.2 Å². The predicted molar refractivity (Wildman–Crippen MR) is 113 cm³/mol. The number of hydrogen-bond acceptors (Lipinski definition) is 7. The van der Waals surface area contributed by atoms with Crippen LogP contribution in [0.1, 0.15) is 44.2 Å². The summed E-state index contributed by atoms with van der Waals surface area (Å²) in [7, 11) is 0. The van der Waals surface area contributed by atoms with Crippen LogP contribution in [0.3, 0.4) is 0 Å². The Bertz CT molecular complexity index is 1060. The van der Waals surface area contributed by atoms with Crippen molar-refractivity contribution >= 4 is 23.0 Å². The summed E-state index contributed by atoms with van der Waals surface area (Å²) in [6.45, 7) is 5.05. The number of rotatable bonds is 10. The number of anilines is 1. The average Bonchev–Trinajstić information content (AvgIpc) is 3.04. The zero-order valence-electron chi connectivity index (χ0n) is 17.3. The minimum atomic E-state index is -0.317. The second kappa shape index (κ2) is 9.91. The second-order valence-electron chi connectivity index (χ2n) is 6.93. The number of carbonyl (C=O) groups is 1. The Morgan fingerprint density at radius 1 is 1.17 bits per heavy atom. The predicted octanol–water partition coefficient (Wildman–Crippen LogP) is 2.42. The molecule has 3 N–H and O–H groups in total. The fraction of sp³-hybridized carbons (Fsp3) is 0.429. The van der Waals surface area contributed by atoms with Crippen LogP contribution in [0.25, 0.3) is 11.2 Å². The van der Waals surface area contributed by atoms with Gasteiger partial charge in [-0.1, -0.05) is 37.6 Å². The minimum Gasteiger partial charge on any atom is -0.466 e. The number of carbonyl (C=O) groups excluding carboxylic acids is 1. The van der Waals surface area contributed by atoms with Crippen LogP contribution in [-0.2, 0) is 22.5 Å². The lowest BCUT2D eigenvalue weighted by Gasteiger charge is -2.07. The lowest BCUT2D eigenvalue weighted by Crippen LogP contribution is -2.18. The van der Waals surface area contributed by atoms with Gasteiger partial charge in [-0.05, 0) is 30.9 Å². The van der Waals surface area contributed by atoms with E-state index in [2.05, 4.69) is 21.9 Å². The molecule has 0 aliphatic rings. The van der Waals surface area contributed by atoms with Crippen LogP contribution in [-0.4, -0.2) is 38.7 Å². The van der Waals surface area contributed by atoms with E-state index < -0.39 is 0 Å². The SMILES string of the molecule is CCCCOc1nc(N)c2[nH]c(=O)n(Cc3ccc(CCC(=O)OCC)cc3)c2n1. The highest BCUT2D eigenvalue weighted by Gasteiger charge is 2.15. The van der Waals surface area contributed by atoms with Gasteiger partial charge in [0.25, 0.3) is 0 Å². The number of aryl methyl sites for hydroxylation is 1. The molecule has 9 nitrogen and oxygen atoms in total. The Labute approximate surface area is 174 Å². The third-order valence-electron chi connectivity index (χ3n) is 4.65. The van der Waals surface area contributed by atoms with Crippen molar-refractivity contribution in [3.63, 3.8) is 0 Å². The molecule has 30 heavy (non-hydrogen) atoms. The zero-order chi connectivity index (χ0) is 21.5. The molecule has 0 radical (unpaired) electrons. The Kier molecular flexibility index (Phi) is 7.05. The number of aromatic amines is 1. The normalized spacial score (nSPS) is 11.0. The first kappa shape index (κ1) is 21.4. The number of nitrogens with two attached hydrogens (primary N) is 1. The molecule has 0 aliphatic heterocycles. The number of benzene rings is 1. The Morgan fingerprint density at radius 3 is 2.60 bits per heavy atom. The van der Waals surface area contributed by atoms with Crippen molar-refractivity contribution in [1.82, 2.24) is 19.5 Å². The largest absolute Gasteiger partial charge is 0.466 e. The maximum atomic E-state index is 12.5. The van der Waals surface area contributed by atoms with E-state index in [1.807, 2.05) is 24.3 Å². The van der Waals surface area contributed by atoms with E-state index in [0.717, 1.165) is 24.0 Å². The van der Waals surface area contributed by atoms with Gasteiger partial charge in [0, 0.05) is 6.42 Å². The van der Waals surface area contributed by atoms with Crippen molar-refractivity contribution in [1.29, 1.82) is 0 Å². The van der Waals surface area contributed by atoms with Crippen molar-refractivity contribution in [3.8, 4) is 6.01 Å². The molecule has 1 aromatic carbocycles. The lowest BCUT2D eigenvalue weighted by atomic mass is 10.1. The summed E-state index contributed by atoms with van der Waals surface area (Å²) in [5, 5.41) is 0. The van der Waals surface area contributed by atoms with Gasteiger partial charge in [-0.3, -0.25) is 9.36 Å². The molecule has 0 fully saturated rings. The highest BCUT2D eigenvalue weighted by Crippen LogP contribution is 2.19. The van der Waals surface area contributed by atoms with Crippen molar-refractivity contribution in [2.75, 3.05) is 18.9 Å². The van der Waals surface area contributed by atoms with Crippen LogP contribution in [0.5, 0.6) is 6.01 Å². The molecular weight excluding hydrogens is 386 g/mol. The van der Waals surface area contributed by atoms with E-state index in [9.17, 15) is 9.59 Å². The third-order valence-corrected chi connectivity index (χ3v) is 4.65. The zero-order valence-corrected chi connectivity index (χ0v) is 17.3. The van der Waals surface area contributed by atoms with Gasteiger partial charge >= 0.3 is 17.7 Å². The molecule has 0 saturated carbocycles. The molecule has 2 heterocycles. The third kappa shape index (κ3) is 5.16. The fourth-order valence-electron chi connectivity index (χ4n) is 3.02. The van der Waals surface area contributed by atoms with Crippen LogP contribution in [0.4, 0.5) is 5.82 Å². The fourth-order valence-corrected chi connectivity index (χ4v) is 3.02. The minimum absolute atomic E-state index is 0.163. The first-order valence-electron chi connectivity index (χ1n) is 10.1. The van der Waals surface area contributed by atoms with E-state index in [0.29, 0.717) is 43.8 Å². The molecule has 0 spiro atoms. The number of aromatic nitrogens is 4. The number of H-pyrrole nitrogens is 1. The summed E-state index contributed by atoms with van der Waals surface area (Å²) in [5.74, 6) is -0.0298. The van der Waals surface area contributed by atoms with Crippen LogP contribution in [0.15, 0.2) is 29.1 Å². The molecule has 0 amide bonds. The van der Waals surface area contributed by atoms with E-state index in [4.69, 9.17) is 15.2 Å². The van der Waals surface area contributed by atoms with Gasteiger partial charge in [-0.2, -0.15) is 9.97 Å². The monoisotopic (exact) mass is 413 g/mol. The highest BCUT2D eigenvalue weighted by atomic mass is 16.5.